The molecule has 1 atom stereocenters. The summed E-state index contributed by atoms with van der Waals surface area (Å²) in [6.45, 7) is 11.7. The number of fused-ring (bicyclic) bond motifs is 1. The molecule has 0 saturated carbocycles. The van der Waals surface area contributed by atoms with Gasteiger partial charge < -0.3 is 15.4 Å². The minimum absolute atomic E-state index is 0.185. The predicted molar refractivity (Wildman–Crippen MR) is 211 cm³/mol. The van der Waals surface area contributed by atoms with Gasteiger partial charge >= 0.3 is 0 Å². The Morgan fingerprint density at radius 3 is 2.09 bits per heavy atom. The largest absolute Gasteiger partial charge is 0.412 e. The van der Waals surface area contributed by atoms with Gasteiger partial charge in [-0.15, -0.1) is 9.94 Å². The van der Waals surface area contributed by atoms with E-state index < -0.39 is 0 Å². The fourth-order valence-electron chi connectivity index (χ4n) is 7.91. The standard InChI is InChI=1S/C21H22FN3O.C21H27N3O.C2H6/c22-19-7-5-17(6-8-19)16-3-1-15(2-4-16)13-21-20(14-25(26)24-21)18-9-11-23-12-10-18;1-2-23-11-9-18(10-12-23)20-15-24(25)22-21(20)14-16-7-8-17-5-3-4-6-19(17)13-16;1-2/h1-8,14,18,23,26H,9-13H2;3-8,13,15,18,21-22,25H,2,9-12,14H2,1H3;1-2H3. The maximum absolute atomic E-state index is 13.1. The number of aromatic nitrogens is 2. The van der Waals surface area contributed by atoms with E-state index in [-0.39, 0.29) is 11.9 Å². The van der Waals surface area contributed by atoms with Crippen LogP contribution in [-0.2, 0) is 12.8 Å². The van der Waals surface area contributed by atoms with Gasteiger partial charge in [-0.1, -0.05) is 99.6 Å². The second-order valence-corrected chi connectivity index (χ2v) is 14.1. The van der Waals surface area contributed by atoms with Gasteiger partial charge in [0.25, 0.3) is 0 Å². The van der Waals surface area contributed by atoms with Crippen molar-refractivity contribution in [3.8, 4) is 11.1 Å². The average molecular weight is 719 g/mol. The molecule has 4 aromatic carbocycles. The second kappa shape index (κ2) is 18.5. The molecule has 8 nitrogen and oxygen atoms in total. The summed E-state index contributed by atoms with van der Waals surface area (Å²) in [6, 6.07) is 30.1. The summed E-state index contributed by atoms with van der Waals surface area (Å²) in [5.41, 5.74) is 11.1. The van der Waals surface area contributed by atoms with E-state index in [2.05, 4.69) is 82.3 Å². The maximum atomic E-state index is 13.1. The molecular weight excluding hydrogens is 664 g/mol. The summed E-state index contributed by atoms with van der Waals surface area (Å²) in [5, 5.41) is 31.2. The van der Waals surface area contributed by atoms with Crippen LogP contribution in [0.2, 0.25) is 0 Å². The lowest BCUT2D eigenvalue weighted by atomic mass is 9.84. The van der Waals surface area contributed by atoms with Crippen LogP contribution in [0.3, 0.4) is 0 Å². The Balaban J connectivity index is 0.000000173. The van der Waals surface area contributed by atoms with Crippen LogP contribution in [0.4, 0.5) is 4.39 Å². The Kier molecular flexibility index (Phi) is 13.3. The van der Waals surface area contributed by atoms with Gasteiger partial charge in [0.1, 0.15) is 5.82 Å². The van der Waals surface area contributed by atoms with Gasteiger partial charge in [-0.05, 0) is 127 Å². The molecule has 4 N–H and O–H groups in total. The summed E-state index contributed by atoms with van der Waals surface area (Å²) >= 11 is 0. The van der Waals surface area contributed by atoms with Crippen LogP contribution in [0, 0.1) is 11.7 Å². The van der Waals surface area contributed by atoms with Crippen molar-refractivity contribution in [2.45, 2.75) is 71.3 Å². The van der Waals surface area contributed by atoms with E-state index in [0.29, 0.717) is 18.3 Å². The summed E-state index contributed by atoms with van der Waals surface area (Å²) in [7, 11) is 0. The summed E-state index contributed by atoms with van der Waals surface area (Å²) in [4.78, 5) is 3.45. The number of hydrogen-bond donors (Lipinski definition) is 4. The first-order valence-corrected chi connectivity index (χ1v) is 19.4. The van der Waals surface area contributed by atoms with Gasteiger partial charge in [-0.25, -0.2) is 9.82 Å². The lowest BCUT2D eigenvalue weighted by Crippen LogP contribution is -2.39. The molecule has 0 amide bonds. The molecule has 280 valence electrons. The fourth-order valence-corrected chi connectivity index (χ4v) is 7.91. The number of nitrogens with one attached hydrogen (secondary N) is 2. The number of nitrogens with zero attached hydrogens (tertiary/aromatic N) is 4. The Morgan fingerprint density at radius 2 is 1.42 bits per heavy atom. The Morgan fingerprint density at radius 1 is 0.774 bits per heavy atom. The molecule has 0 aliphatic carbocycles. The lowest BCUT2D eigenvalue weighted by molar-refractivity contribution is -0.0839. The van der Waals surface area contributed by atoms with E-state index in [9.17, 15) is 14.8 Å². The van der Waals surface area contributed by atoms with E-state index >= 15 is 0 Å². The molecule has 4 heterocycles. The van der Waals surface area contributed by atoms with Gasteiger partial charge in [0.2, 0.25) is 0 Å². The zero-order valence-electron chi connectivity index (χ0n) is 31.4. The molecule has 1 aromatic heterocycles. The molecule has 0 spiro atoms. The number of hydroxylamine groups is 1. The van der Waals surface area contributed by atoms with Crippen molar-refractivity contribution in [1.29, 1.82) is 0 Å². The monoisotopic (exact) mass is 718 g/mol. The topological polar surface area (TPSA) is 88.8 Å². The van der Waals surface area contributed by atoms with Gasteiger partial charge in [0, 0.05) is 18.2 Å². The van der Waals surface area contributed by atoms with E-state index in [1.54, 1.807) is 18.3 Å². The minimum atomic E-state index is -0.226. The zero-order chi connectivity index (χ0) is 37.2. The predicted octanol–water partition coefficient (Wildman–Crippen LogP) is 8.59. The number of benzene rings is 4. The van der Waals surface area contributed by atoms with Crippen molar-refractivity contribution >= 4 is 10.8 Å². The molecule has 53 heavy (non-hydrogen) atoms. The molecule has 8 rings (SSSR count). The SMILES string of the molecule is CC.CCN1CCC(C2=CN(O)NC2Cc2ccc3ccccc3c2)CC1.On1cc(C2CCNCC2)c(Cc2ccc(-c3ccc(F)cc3)cc2)n1. The van der Waals surface area contributed by atoms with Crippen LogP contribution >= 0.6 is 0 Å². The average Bonchev–Trinajstić information content (AvgIpc) is 3.77. The lowest BCUT2D eigenvalue weighted by Gasteiger charge is -2.33. The van der Waals surface area contributed by atoms with Crippen LogP contribution in [-0.4, -0.2) is 69.2 Å². The maximum Gasteiger partial charge on any atom is 0.123 e. The number of hydrazine groups is 1. The van der Waals surface area contributed by atoms with Gasteiger partial charge in [-0.2, -0.15) is 5.17 Å². The quantitative estimate of drug-likeness (QED) is 0.120. The molecule has 1 unspecified atom stereocenters. The highest BCUT2D eigenvalue weighted by atomic mass is 19.1. The minimum Gasteiger partial charge on any atom is -0.412 e. The molecule has 0 bridgehead atoms. The zero-order valence-corrected chi connectivity index (χ0v) is 31.4. The molecule has 5 aromatic rings. The number of likely N-dealkylation sites (tertiary alicyclic amines) is 1. The van der Waals surface area contributed by atoms with Gasteiger partial charge in [0.05, 0.1) is 17.9 Å². The van der Waals surface area contributed by atoms with Crippen LogP contribution < -0.4 is 10.7 Å². The molecular formula is C44H55FN6O2. The van der Waals surface area contributed by atoms with Crippen molar-refractivity contribution in [3.05, 3.63) is 137 Å². The highest BCUT2D eigenvalue weighted by Gasteiger charge is 2.31. The summed E-state index contributed by atoms with van der Waals surface area (Å²) < 4.78 is 13.1. The number of piperidine rings is 2. The first-order chi connectivity index (χ1) is 25.9. The van der Waals surface area contributed by atoms with Crippen LogP contribution in [0.25, 0.3) is 21.9 Å². The number of hydrogen-bond acceptors (Lipinski definition) is 7. The third-order valence-corrected chi connectivity index (χ3v) is 10.8. The summed E-state index contributed by atoms with van der Waals surface area (Å²) in [5.74, 6) is 0.791. The molecule has 2 fully saturated rings. The first-order valence-electron chi connectivity index (χ1n) is 19.4. The van der Waals surface area contributed by atoms with Crippen molar-refractivity contribution in [3.63, 3.8) is 0 Å². The smallest absolute Gasteiger partial charge is 0.123 e. The van der Waals surface area contributed by atoms with E-state index in [0.717, 1.165) is 90.0 Å². The Bertz CT molecular complexity index is 1910. The second-order valence-electron chi connectivity index (χ2n) is 14.1. The highest BCUT2D eigenvalue weighted by Crippen LogP contribution is 2.32. The van der Waals surface area contributed by atoms with Crippen LogP contribution in [0.1, 0.15) is 74.8 Å². The van der Waals surface area contributed by atoms with E-state index in [1.807, 2.05) is 32.2 Å². The Labute approximate surface area is 313 Å². The first kappa shape index (κ1) is 38.2. The Hall–Kier alpha value is -4.54. The third kappa shape index (κ3) is 9.91. The molecule has 3 aliphatic rings. The van der Waals surface area contributed by atoms with Crippen molar-refractivity contribution in [2.24, 2.45) is 5.92 Å². The molecule has 3 aliphatic heterocycles. The van der Waals surface area contributed by atoms with Crippen molar-refractivity contribution in [2.75, 3.05) is 32.7 Å². The number of rotatable bonds is 8. The van der Waals surface area contributed by atoms with Crippen molar-refractivity contribution in [1.82, 2.24) is 30.8 Å². The molecule has 2 saturated heterocycles. The fraction of sp³-hybridized carbons (Fsp3) is 0.386. The van der Waals surface area contributed by atoms with Crippen molar-refractivity contribution < 1.29 is 14.8 Å². The molecule has 0 radical (unpaired) electrons. The van der Waals surface area contributed by atoms with Crippen LogP contribution in [0.5, 0.6) is 0 Å². The molecule has 9 heteroatoms. The van der Waals surface area contributed by atoms with Crippen LogP contribution in [0.15, 0.2) is 109 Å². The van der Waals surface area contributed by atoms with E-state index in [1.165, 1.54) is 46.9 Å². The highest BCUT2D eigenvalue weighted by molar-refractivity contribution is 5.83. The normalized spacial score (nSPS) is 18.2. The van der Waals surface area contributed by atoms with Gasteiger partial charge in [0.15, 0.2) is 0 Å². The number of halogens is 1. The van der Waals surface area contributed by atoms with Gasteiger partial charge in [-0.3, -0.25) is 5.21 Å². The van der Waals surface area contributed by atoms with E-state index in [4.69, 9.17) is 0 Å². The summed E-state index contributed by atoms with van der Waals surface area (Å²) in [6.07, 6.45) is 9.76. The third-order valence-electron chi connectivity index (χ3n) is 10.8.